The van der Waals surface area contributed by atoms with Gasteiger partial charge in [0.05, 0.1) is 20.6 Å². The van der Waals surface area contributed by atoms with Crippen LogP contribution in [0.15, 0.2) is 0 Å². The number of hydrogen-bond donors (Lipinski definition) is 3. The van der Waals surface area contributed by atoms with Crippen molar-refractivity contribution < 1.29 is 19.5 Å². The molecule has 18 heavy (non-hydrogen) atoms. The Bertz CT molecular complexity index is 263. The Kier molecular flexibility index (Phi) is 6.81. The maximum Gasteiger partial charge on any atom is 0.225 e. The highest BCUT2D eigenvalue weighted by Gasteiger charge is 2.25. The fraction of sp³-hybridized carbons (Fsp3) is 0.923. The Morgan fingerprint density at radius 1 is 1.33 bits per heavy atom. The molecule has 108 valence electrons. The van der Waals surface area contributed by atoms with Crippen LogP contribution in [0.2, 0.25) is 0 Å². The summed E-state index contributed by atoms with van der Waals surface area (Å²) in [7, 11) is 3.88. The molecule has 0 rings (SSSR count). The minimum absolute atomic E-state index is 0.0810. The molecule has 0 saturated heterocycles. The van der Waals surface area contributed by atoms with Gasteiger partial charge in [-0.2, -0.15) is 0 Å². The Balaban J connectivity index is 3.90. The molecule has 0 bridgehead atoms. The second kappa shape index (κ2) is 7.07. The van der Waals surface area contributed by atoms with E-state index in [1.807, 2.05) is 34.9 Å². The van der Waals surface area contributed by atoms with Crippen molar-refractivity contribution in [3.63, 3.8) is 0 Å². The van der Waals surface area contributed by atoms with Gasteiger partial charge in [0.15, 0.2) is 0 Å². The van der Waals surface area contributed by atoms with E-state index in [9.17, 15) is 4.79 Å². The fourth-order valence-electron chi connectivity index (χ4n) is 1.64. The lowest BCUT2D eigenvalue weighted by molar-refractivity contribution is -0.896. The minimum Gasteiger partial charge on any atom is -0.364 e. The molecule has 0 aromatic carbocycles. The molecule has 0 unspecified atom stereocenters. The zero-order valence-corrected chi connectivity index (χ0v) is 12.4. The summed E-state index contributed by atoms with van der Waals surface area (Å²) in [5.41, 5.74) is -0.314. The minimum atomic E-state index is -1.28. The van der Waals surface area contributed by atoms with Crippen LogP contribution in [0.3, 0.4) is 0 Å². The summed E-state index contributed by atoms with van der Waals surface area (Å²) >= 11 is 0. The van der Waals surface area contributed by atoms with Crippen LogP contribution >= 0.6 is 0 Å². The first-order valence-corrected chi connectivity index (χ1v) is 6.57. The second-order valence-corrected chi connectivity index (χ2v) is 6.17. The third-order valence-electron chi connectivity index (χ3n) is 3.38. The predicted octanol–water partition coefficient (Wildman–Crippen LogP) is 0.316. The SMILES string of the molecule is CCC(C)(C)C(=O)NCCC[N+](C)(C)CC(O)O. The van der Waals surface area contributed by atoms with E-state index in [4.69, 9.17) is 10.2 Å². The molecule has 0 fully saturated rings. The number of nitrogens with zero attached hydrogens (tertiary/aromatic N) is 1. The Morgan fingerprint density at radius 2 is 1.89 bits per heavy atom. The normalized spacial score (nSPS) is 12.9. The van der Waals surface area contributed by atoms with Crippen molar-refractivity contribution in [1.29, 1.82) is 0 Å². The average Bonchev–Trinajstić information content (AvgIpc) is 2.22. The Hall–Kier alpha value is -0.650. The van der Waals surface area contributed by atoms with Crippen LogP contribution in [0, 0.1) is 5.41 Å². The van der Waals surface area contributed by atoms with E-state index in [1.54, 1.807) is 0 Å². The molecule has 0 aromatic heterocycles. The maximum atomic E-state index is 11.8. The van der Waals surface area contributed by atoms with Crippen LogP contribution in [0.5, 0.6) is 0 Å². The van der Waals surface area contributed by atoms with Crippen LogP contribution in [0.25, 0.3) is 0 Å². The second-order valence-electron chi connectivity index (χ2n) is 6.17. The predicted molar refractivity (Wildman–Crippen MR) is 71.8 cm³/mol. The summed E-state index contributed by atoms with van der Waals surface area (Å²) < 4.78 is 0.532. The highest BCUT2D eigenvalue weighted by molar-refractivity contribution is 5.81. The summed E-state index contributed by atoms with van der Waals surface area (Å²) in [5, 5.41) is 20.8. The molecule has 3 N–H and O–H groups in total. The van der Waals surface area contributed by atoms with Gasteiger partial charge in [0, 0.05) is 18.4 Å². The molecule has 5 heteroatoms. The maximum absolute atomic E-state index is 11.8. The smallest absolute Gasteiger partial charge is 0.225 e. The molecule has 0 atom stereocenters. The summed E-state index contributed by atoms with van der Waals surface area (Å²) in [6.07, 6.45) is 0.358. The van der Waals surface area contributed by atoms with Gasteiger partial charge in [-0.15, -0.1) is 0 Å². The van der Waals surface area contributed by atoms with Crippen molar-refractivity contribution in [2.24, 2.45) is 5.41 Å². The van der Waals surface area contributed by atoms with Crippen LogP contribution in [0.1, 0.15) is 33.6 Å². The van der Waals surface area contributed by atoms with Crippen LogP contribution in [0.4, 0.5) is 0 Å². The first-order chi connectivity index (χ1) is 8.10. The van der Waals surface area contributed by atoms with Gasteiger partial charge < -0.3 is 20.0 Å². The first kappa shape index (κ1) is 17.4. The first-order valence-electron chi connectivity index (χ1n) is 6.57. The van der Waals surface area contributed by atoms with Gasteiger partial charge in [-0.05, 0) is 6.42 Å². The number of aliphatic hydroxyl groups excluding tert-OH is 1. The number of carbonyl (C=O) groups is 1. The van der Waals surface area contributed by atoms with E-state index in [2.05, 4.69) is 5.32 Å². The number of amides is 1. The molecule has 0 heterocycles. The van der Waals surface area contributed by atoms with E-state index in [-0.39, 0.29) is 11.3 Å². The van der Waals surface area contributed by atoms with E-state index in [0.29, 0.717) is 17.6 Å². The molecule has 0 aromatic rings. The Morgan fingerprint density at radius 3 is 2.33 bits per heavy atom. The zero-order chi connectivity index (χ0) is 14.4. The number of hydrogen-bond acceptors (Lipinski definition) is 3. The standard InChI is InChI=1S/C13H28N2O3/c1-6-13(2,3)12(18)14-8-7-9-15(4,5)10-11(16)17/h11,16-17H,6-10H2,1-5H3/p+1. The molecule has 5 nitrogen and oxygen atoms in total. The van der Waals surface area contributed by atoms with E-state index >= 15 is 0 Å². The van der Waals surface area contributed by atoms with Crippen LogP contribution in [-0.4, -0.2) is 60.6 Å². The molecule has 0 aliphatic rings. The number of likely N-dealkylation sites (N-methyl/N-ethyl adjacent to an activating group) is 1. The summed E-state index contributed by atoms with van der Waals surface area (Å²) in [6.45, 7) is 7.60. The number of nitrogens with one attached hydrogen (secondary N) is 1. The van der Waals surface area contributed by atoms with Gasteiger partial charge in [0.25, 0.3) is 0 Å². The number of quaternary nitrogens is 1. The van der Waals surface area contributed by atoms with Gasteiger partial charge in [-0.1, -0.05) is 20.8 Å². The third kappa shape index (κ3) is 6.93. The van der Waals surface area contributed by atoms with E-state index < -0.39 is 6.29 Å². The Labute approximate surface area is 110 Å². The molecule has 0 saturated carbocycles. The lowest BCUT2D eigenvalue weighted by atomic mass is 9.89. The van der Waals surface area contributed by atoms with Crippen molar-refractivity contribution in [1.82, 2.24) is 5.32 Å². The van der Waals surface area contributed by atoms with Crippen molar-refractivity contribution in [2.75, 3.05) is 33.7 Å². The molecular weight excluding hydrogens is 232 g/mol. The fourth-order valence-corrected chi connectivity index (χ4v) is 1.64. The quantitative estimate of drug-likeness (QED) is 0.335. The van der Waals surface area contributed by atoms with Gasteiger partial charge in [-0.25, -0.2) is 0 Å². The monoisotopic (exact) mass is 261 g/mol. The topological polar surface area (TPSA) is 69.6 Å². The van der Waals surface area contributed by atoms with E-state index in [0.717, 1.165) is 19.4 Å². The van der Waals surface area contributed by atoms with Gasteiger partial charge in [0.2, 0.25) is 12.2 Å². The van der Waals surface area contributed by atoms with Gasteiger partial charge >= 0.3 is 0 Å². The number of rotatable bonds is 8. The largest absolute Gasteiger partial charge is 0.364 e. The molecular formula is C13H29N2O3+. The molecule has 0 spiro atoms. The lowest BCUT2D eigenvalue weighted by Gasteiger charge is -2.30. The zero-order valence-electron chi connectivity index (χ0n) is 12.4. The summed E-state index contributed by atoms with van der Waals surface area (Å²) in [6, 6.07) is 0. The molecule has 0 radical (unpaired) electrons. The van der Waals surface area contributed by atoms with Crippen LogP contribution in [-0.2, 0) is 4.79 Å². The van der Waals surface area contributed by atoms with Crippen molar-refractivity contribution in [3.8, 4) is 0 Å². The van der Waals surface area contributed by atoms with Gasteiger partial charge in [0.1, 0.15) is 6.54 Å². The summed E-state index contributed by atoms with van der Waals surface area (Å²) in [5.74, 6) is 0.0810. The molecule has 0 aliphatic carbocycles. The van der Waals surface area contributed by atoms with Crippen LogP contribution < -0.4 is 5.32 Å². The average molecular weight is 261 g/mol. The van der Waals surface area contributed by atoms with Gasteiger partial charge in [-0.3, -0.25) is 4.79 Å². The van der Waals surface area contributed by atoms with Crippen molar-refractivity contribution >= 4 is 5.91 Å². The third-order valence-corrected chi connectivity index (χ3v) is 3.38. The number of carbonyl (C=O) groups excluding carboxylic acids is 1. The highest BCUT2D eigenvalue weighted by Crippen LogP contribution is 2.19. The molecule has 1 amide bonds. The van der Waals surface area contributed by atoms with Crippen molar-refractivity contribution in [2.45, 2.75) is 39.9 Å². The highest BCUT2D eigenvalue weighted by atomic mass is 16.5. The van der Waals surface area contributed by atoms with Crippen molar-refractivity contribution in [3.05, 3.63) is 0 Å². The molecule has 0 aliphatic heterocycles. The van der Waals surface area contributed by atoms with E-state index in [1.165, 1.54) is 0 Å². The summed E-state index contributed by atoms with van der Waals surface area (Å²) in [4.78, 5) is 11.8. The lowest BCUT2D eigenvalue weighted by Crippen LogP contribution is -2.47. The number of aliphatic hydroxyl groups is 2.